The maximum absolute atomic E-state index is 12.0. The van der Waals surface area contributed by atoms with Gasteiger partial charge in [0, 0.05) is 17.0 Å². The van der Waals surface area contributed by atoms with Crippen molar-refractivity contribution in [2.45, 2.75) is 33.3 Å². The zero-order valence-corrected chi connectivity index (χ0v) is 14.9. The molecule has 0 bridgehead atoms. The molecule has 4 aromatic rings. The summed E-state index contributed by atoms with van der Waals surface area (Å²) in [6.07, 6.45) is 0. The minimum absolute atomic E-state index is 0.191. The van der Waals surface area contributed by atoms with Crippen LogP contribution in [0.15, 0.2) is 51.7 Å². The molecule has 2 aromatic carbocycles. The van der Waals surface area contributed by atoms with Crippen molar-refractivity contribution in [3.05, 3.63) is 69.6 Å². The van der Waals surface area contributed by atoms with Gasteiger partial charge in [0.25, 0.3) is 0 Å². The van der Waals surface area contributed by atoms with E-state index in [2.05, 4.69) is 30.2 Å². The van der Waals surface area contributed by atoms with Crippen LogP contribution in [-0.4, -0.2) is 15.2 Å². The van der Waals surface area contributed by atoms with E-state index in [0.29, 0.717) is 11.5 Å². The number of rotatable bonds is 4. The van der Waals surface area contributed by atoms with Crippen LogP contribution in [0.2, 0.25) is 0 Å². The Morgan fingerprint density at radius 3 is 2.81 bits per heavy atom. The standard InChI is InChI=1S/C20H19N3O3/c1-12(2)15-10-16-14(9-20(24)26-19(16)8-13(15)3)11-25-23-18-7-5-4-6-17(18)21-22-23/h4-10,12H,11H2,1-3H3. The van der Waals surface area contributed by atoms with Crippen molar-refractivity contribution >= 4 is 22.0 Å². The van der Waals surface area contributed by atoms with E-state index in [1.165, 1.54) is 16.5 Å². The second-order valence-corrected chi connectivity index (χ2v) is 6.67. The van der Waals surface area contributed by atoms with Crippen LogP contribution in [0.3, 0.4) is 0 Å². The lowest BCUT2D eigenvalue weighted by Crippen LogP contribution is -2.14. The van der Waals surface area contributed by atoms with Crippen molar-refractivity contribution in [1.82, 2.24) is 15.2 Å². The van der Waals surface area contributed by atoms with E-state index in [1.807, 2.05) is 37.3 Å². The van der Waals surface area contributed by atoms with E-state index in [4.69, 9.17) is 9.25 Å². The van der Waals surface area contributed by atoms with Crippen LogP contribution in [0.4, 0.5) is 0 Å². The molecule has 0 fully saturated rings. The first-order valence-electron chi connectivity index (χ1n) is 8.54. The molecule has 6 nitrogen and oxygen atoms in total. The van der Waals surface area contributed by atoms with Crippen LogP contribution in [0.5, 0.6) is 0 Å². The molecule has 132 valence electrons. The lowest BCUT2D eigenvalue weighted by Gasteiger charge is -2.13. The summed E-state index contributed by atoms with van der Waals surface area (Å²) in [6.45, 7) is 6.51. The third-order valence-electron chi connectivity index (χ3n) is 4.50. The SMILES string of the molecule is Cc1cc2oc(=O)cc(COn3nnc4ccccc43)c2cc1C(C)C. The van der Waals surface area contributed by atoms with Crippen LogP contribution < -0.4 is 10.5 Å². The van der Waals surface area contributed by atoms with Gasteiger partial charge in [-0.25, -0.2) is 4.79 Å². The monoisotopic (exact) mass is 349 g/mol. The summed E-state index contributed by atoms with van der Waals surface area (Å²) in [4.78, 5) is 19.1. The number of hydrogen-bond acceptors (Lipinski definition) is 5. The highest BCUT2D eigenvalue weighted by molar-refractivity contribution is 5.82. The Morgan fingerprint density at radius 2 is 2.00 bits per heavy atom. The smallest absolute Gasteiger partial charge is 0.336 e. The highest BCUT2D eigenvalue weighted by Crippen LogP contribution is 2.27. The number of aromatic nitrogens is 3. The fourth-order valence-electron chi connectivity index (χ4n) is 3.21. The third kappa shape index (κ3) is 2.83. The maximum atomic E-state index is 12.0. The van der Waals surface area contributed by atoms with Crippen molar-refractivity contribution in [3.63, 3.8) is 0 Å². The van der Waals surface area contributed by atoms with Gasteiger partial charge in [0.2, 0.25) is 0 Å². The summed E-state index contributed by atoms with van der Waals surface area (Å²) in [5.74, 6) is 0.374. The molecule has 2 heterocycles. The Balaban J connectivity index is 1.75. The van der Waals surface area contributed by atoms with Crippen molar-refractivity contribution < 1.29 is 9.25 Å². The van der Waals surface area contributed by atoms with E-state index in [1.54, 1.807) is 0 Å². The van der Waals surface area contributed by atoms with E-state index in [0.717, 1.165) is 27.5 Å². The zero-order chi connectivity index (χ0) is 18.3. The van der Waals surface area contributed by atoms with Gasteiger partial charge in [-0.15, -0.1) is 5.10 Å². The quantitative estimate of drug-likeness (QED) is 0.527. The van der Waals surface area contributed by atoms with Gasteiger partial charge in [-0.1, -0.05) is 30.8 Å². The topological polar surface area (TPSA) is 70.2 Å². The fourth-order valence-corrected chi connectivity index (χ4v) is 3.21. The van der Waals surface area contributed by atoms with Crippen LogP contribution in [0.25, 0.3) is 22.0 Å². The number of nitrogens with zero attached hydrogens (tertiary/aromatic N) is 3. The van der Waals surface area contributed by atoms with E-state index < -0.39 is 5.63 Å². The largest absolute Gasteiger partial charge is 0.423 e. The van der Waals surface area contributed by atoms with E-state index in [9.17, 15) is 4.79 Å². The first kappa shape index (κ1) is 16.3. The Kier molecular flexibility index (Phi) is 3.95. The number of hydrogen-bond donors (Lipinski definition) is 0. The van der Waals surface area contributed by atoms with Gasteiger partial charge in [0.1, 0.15) is 23.2 Å². The molecule has 0 saturated heterocycles. The Labute approximate surface area is 150 Å². The molecule has 0 atom stereocenters. The van der Waals surface area contributed by atoms with Gasteiger partial charge in [0.15, 0.2) is 0 Å². The summed E-state index contributed by atoms with van der Waals surface area (Å²) in [5.41, 5.74) is 4.80. The van der Waals surface area contributed by atoms with E-state index in [-0.39, 0.29) is 6.61 Å². The number of aryl methyl sites for hydroxylation is 1. The molecular formula is C20H19N3O3. The molecule has 0 radical (unpaired) electrons. The highest BCUT2D eigenvalue weighted by Gasteiger charge is 2.13. The minimum atomic E-state index is -0.392. The zero-order valence-electron chi connectivity index (χ0n) is 14.9. The van der Waals surface area contributed by atoms with Crippen molar-refractivity contribution in [2.75, 3.05) is 0 Å². The molecule has 26 heavy (non-hydrogen) atoms. The summed E-state index contributed by atoms with van der Waals surface area (Å²) >= 11 is 0. The fraction of sp³-hybridized carbons (Fsp3) is 0.250. The van der Waals surface area contributed by atoms with Crippen LogP contribution in [0.1, 0.15) is 36.5 Å². The Morgan fingerprint density at radius 1 is 1.19 bits per heavy atom. The summed E-state index contributed by atoms with van der Waals surface area (Å²) < 4.78 is 5.38. The summed E-state index contributed by atoms with van der Waals surface area (Å²) in [6, 6.07) is 13.0. The Hall–Kier alpha value is -3.15. The first-order chi connectivity index (χ1) is 12.5. The molecular weight excluding hydrogens is 330 g/mol. The molecule has 0 spiro atoms. The molecule has 0 aliphatic heterocycles. The number of fused-ring (bicyclic) bond motifs is 2. The predicted octanol–water partition coefficient (Wildman–Crippen LogP) is 3.60. The summed E-state index contributed by atoms with van der Waals surface area (Å²) in [5, 5.41) is 8.96. The van der Waals surface area contributed by atoms with Crippen molar-refractivity contribution in [1.29, 1.82) is 0 Å². The van der Waals surface area contributed by atoms with Gasteiger partial charge in [0.05, 0.1) is 0 Å². The Bertz CT molecular complexity index is 1160. The molecule has 4 rings (SSSR count). The van der Waals surface area contributed by atoms with Gasteiger partial charge in [-0.2, -0.15) is 0 Å². The number of benzene rings is 2. The van der Waals surface area contributed by atoms with Gasteiger partial charge >= 0.3 is 5.63 Å². The minimum Gasteiger partial charge on any atom is -0.423 e. The summed E-state index contributed by atoms with van der Waals surface area (Å²) in [7, 11) is 0. The molecule has 2 aromatic heterocycles. The van der Waals surface area contributed by atoms with Crippen LogP contribution in [-0.2, 0) is 6.61 Å². The lowest BCUT2D eigenvalue weighted by molar-refractivity contribution is 0.0756. The van der Waals surface area contributed by atoms with Crippen LogP contribution in [0, 0.1) is 6.92 Å². The average molecular weight is 349 g/mol. The van der Waals surface area contributed by atoms with Crippen molar-refractivity contribution in [3.8, 4) is 0 Å². The second kappa shape index (κ2) is 6.29. The predicted molar refractivity (Wildman–Crippen MR) is 99.1 cm³/mol. The maximum Gasteiger partial charge on any atom is 0.336 e. The average Bonchev–Trinajstić information content (AvgIpc) is 3.02. The molecule has 0 saturated carbocycles. The molecule has 0 N–H and O–H groups in total. The van der Waals surface area contributed by atoms with E-state index >= 15 is 0 Å². The number of para-hydroxylation sites is 1. The normalized spacial score (nSPS) is 11.5. The lowest BCUT2D eigenvalue weighted by atomic mass is 9.95. The molecule has 0 aliphatic rings. The molecule has 0 unspecified atom stereocenters. The van der Waals surface area contributed by atoms with Crippen LogP contribution >= 0.6 is 0 Å². The highest BCUT2D eigenvalue weighted by atomic mass is 16.7. The van der Waals surface area contributed by atoms with Gasteiger partial charge < -0.3 is 9.25 Å². The van der Waals surface area contributed by atoms with Gasteiger partial charge in [-0.3, -0.25) is 0 Å². The van der Waals surface area contributed by atoms with Gasteiger partial charge in [-0.05, 0) is 53.4 Å². The third-order valence-corrected chi connectivity index (χ3v) is 4.50. The molecule has 6 heteroatoms. The second-order valence-electron chi connectivity index (χ2n) is 6.67. The molecule has 0 aliphatic carbocycles. The first-order valence-corrected chi connectivity index (χ1v) is 8.54. The molecule has 0 amide bonds. The van der Waals surface area contributed by atoms with Crippen molar-refractivity contribution in [2.24, 2.45) is 0 Å².